The highest BCUT2D eigenvalue weighted by molar-refractivity contribution is 7.99. The third kappa shape index (κ3) is 4.97. The number of hydrogen-bond acceptors (Lipinski definition) is 5. The van der Waals surface area contributed by atoms with Crippen LogP contribution in [-0.4, -0.2) is 32.5 Å². The van der Waals surface area contributed by atoms with Gasteiger partial charge in [-0.25, -0.2) is 4.39 Å². The van der Waals surface area contributed by atoms with Crippen molar-refractivity contribution >= 4 is 17.7 Å². The molecule has 1 aromatic carbocycles. The molecule has 1 N–H and O–H groups in total. The molecule has 0 atom stereocenters. The molecule has 0 radical (unpaired) electrons. The van der Waals surface area contributed by atoms with Crippen molar-refractivity contribution in [2.24, 2.45) is 0 Å². The molecule has 1 amide bonds. The fourth-order valence-corrected chi connectivity index (χ4v) is 3.83. The number of nitrogens with zero attached hydrogens (tertiary/aromatic N) is 3. The van der Waals surface area contributed by atoms with Crippen molar-refractivity contribution in [3.63, 3.8) is 0 Å². The second-order valence-electron chi connectivity index (χ2n) is 6.22. The third-order valence-electron chi connectivity index (χ3n) is 4.34. The van der Waals surface area contributed by atoms with Crippen LogP contribution >= 0.6 is 11.8 Å². The normalized spacial score (nSPS) is 14.5. The maximum Gasteiger partial charge on any atom is 0.230 e. The molecule has 6 nitrogen and oxygen atoms in total. The van der Waals surface area contributed by atoms with Crippen LogP contribution in [0.5, 0.6) is 5.75 Å². The van der Waals surface area contributed by atoms with Crippen LogP contribution in [-0.2, 0) is 17.9 Å². The highest BCUT2D eigenvalue weighted by Gasteiger charge is 2.18. The summed E-state index contributed by atoms with van der Waals surface area (Å²) in [6, 6.07) is 6.18. The predicted molar refractivity (Wildman–Crippen MR) is 97.6 cm³/mol. The zero-order valence-corrected chi connectivity index (χ0v) is 15.6. The fourth-order valence-electron chi connectivity index (χ4n) is 3.00. The van der Waals surface area contributed by atoms with Gasteiger partial charge in [0.25, 0.3) is 0 Å². The maximum atomic E-state index is 12.9. The zero-order chi connectivity index (χ0) is 18.4. The molecule has 0 spiro atoms. The minimum Gasteiger partial charge on any atom is -0.486 e. The Balaban J connectivity index is 1.53. The van der Waals surface area contributed by atoms with Crippen molar-refractivity contribution in [2.75, 3.05) is 5.75 Å². The molecular weight excluding hydrogens is 355 g/mol. The Morgan fingerprint density at radius 2 is 2.04 bits per heavy atom. The van der Waals surface area contributed by atoms with Gasteiger partial charge < -0.3 is 14.6 Å². The standard InChI is InChI=1S/C18H23FN4O2S/c1-2-23-16(11-25-15-9-7-13(19)8-10-15)21-22-18(23)26-12-17(24)20-14-5-3-4-6-14/h7-10,14H,2-6,11-12H2,1H3,(H,20,24). The summed E-state index contributed by atoms with van der Waals surface area (Å²) in [6.45, 7) is 2.91. The molecule has 2 aromatic rings. The molecule has 0 aliphatic heterocycles. The monoisotopic (exact) mass is 378 g/mol. The lowest BCUT2D eigenvalue weighted by Crippen LogP contribution is -2.33. The largest absolute Gasteiger partial charge is 0.486 e. The van der Waals surface area contributed by atoms with Gasteiger partial charge in [-0.1, -0.05) is 24.6 Å². The first-order valence-electron chi connectivity index (χ1n) is 8.88. The molecule has 1 aliphatic rings. The van der Waals surface area contributed by atoms with Crippen LogP contribution in [0.2, 0.25) is 0 Å². The van der Waals surface area contributed by atoms with E-state index in [2.05, 4.69) is 15.5 Å². The van der Waals surface area contributed by atoms with E-state index in [9.17, 15) is 9.18 Å². The number of aromatic nitrogens is 3. The summed E-state index contributed by atoms with van der Waals surface area (Å²) in [5.41, 5.74) is 0. The van der Waals surface area contributed by atoms with Gasteiger partial charge in [-0.2, -0.15) is 0 Å². The average molecular weight is 378 g/mol. The van der Waals surface area contributed by atoms with Gasteiger partial charge in [0.2, 0.25) is 5.91 Å². The number of ether oxygens (including phenoxy) is 1. The van der Waals surface area contributed by atoms with Crippen molar-refractivity contribution in [1.29, 1.82) is 0 Å². The average Bonchev–Trinajstić information content (AvgIpc) is 3.28. The number of nitrogens with one attached hydrogen (secondary N) is 1. The molecule has 1 saturated carbocycles. The molecule has 3 rings (SSSR count). The predicted octanol–water partition coefficient (Wildman–Crippen LogP) is 3.17. The summed E-state index contributed by atoms with van der Waals surface area (Å²) in [5, 5.41) is 12.1. The summed E-state index contributed by atoms with van der Waals surface area (Å²) in [6.07, 6.45) is 4.54. The summed E-state index contributed by atoms with van der Waals surface area (Å²) >= 11 is 1.38. The first-order valence-corrected chi connectivity index (χ1v) is 9.87. The first-order chi connectivity index (χ1) is 12.7. The molecule has 0 bridgehead atoms. The minimum absolute atomic E-state index is 0.0386. The summed E-state index contributed by atoms with van der Waals surface area (Å²) in [5.74, 6) is 1.31. The van der Waals surface area contributed by atoms with Crippen molar-refractivity contribution in [1.82, 2.24) is 20.1 Å². The van der Waals surface area contributed by atoms with Crippen LogP contribution in [0.25, 0.3) is 0 Å². The fraction of sp³-hybridized carbons (Fsp3) is 0.500. The van der Waals surface area contributed by atoms with Crippen molar-refractivity contribution < 1.29 is 13.9 Å². The summed E-state index contributed by atoms with van der Waals surface area (Å²) < 4.78 is 20.5. The number of thioether (sulfide) groups is 1. The molecule has 0 unspecified atom stereocenters. The lowest BCUT2D eigenvalue weighted by Gasteiger charge is -2.12. The van der Waals surface area contributed by atoms with Gasteiger partial charge in [0.1, 0.15) is 18.2 Å². The van der Waals surface area contributed by atoms with Crippen molar-refractivity contribution in [2.45, 2.75) is 57.0 Å². The van der Waals surface area contributed by atoms with Gasteiger partial charge in [-0.15, -0.1) is 10.2 Å². The molecule has 1 fully saturated rings. The Bertz CT molecular complexity index is 729. The SMILES string of the molecule is CCn1c(COc2ccc(F)cc2)nnc1SCC(=O)NC1CCCC1. The molecule has 8 heteroatoms. The van der Waals surface area contributed by atoms with Crippen molar-refractivity contribution in [3.8, 4) is 5.75 Å². The van der Waals surface area contributed by atoms with E-state index in [0.29, 0.717) is 35.1 Å². The highest BCUT2D eigenvalue weighted by atomic mass is 32.2. The van der Waals surface area contributed by atoms with Gasteiger partial charge in [0.15, 0.2) is 11.0 Å². The number of carbonyl (C=O) groups is 1. The van der Waals surface area contributed by atoms with Gasteiger partial charge in [-0.3, -0.25) is 4.79 Å². The molecular formula is C18H23FN4O2S. The maximum absolute atomic E-state index is 12.9. The van der Waals surface area contributed by atoms with E-state index in [1.165, 1.54) is 36.7 Å². The third-order valence-corrected chi connectivity index (χ3v) is 5.31. The van der Waals surface area contributed by atoms with Gasteiger partial charge >= 0.3 is 0 Å². The number of rotatable bonds is 8. The van der Waals surface area contributed by atoms with E-state index in [-0.39, 0.29) is 18.3 Å². The topological polar surface area (TPSA) is 69.0 Å². The molecule has 1 aliphatic carbocycles. The second kappa shape index (κ2) is 9.02. The smallest absolute Gasteiger partial charge is 0.230 e. The highest BCUT2D eigenvalue weighted by Crippen LogP contribution is 2.20. The van der Waals surface area contributed by atoms with E-state index in [1.54, 1.807) is 12.1 Å². The van der Waals surface area contributed by atoms with Crippen LogP contribution in [0.1, 0.15) is 38.4 Å². The lowest BCUT2D eigenvalue weighted by molar-refractivity contribution is -0.119. The molecule has 26 heavy (non-hydrogen) atoms. The first kappa shape index (κ1) is 18.7. The molecule has 1 aromatic heterocycles. The second-order valence-corrected chi connectivity index (χ2v) is 7.17. The minimum atomic E-state index is -0.302. The molecule has 140 valence electrons. The van der Waals surface area contributed by atoms with Crippen LogP contribution in [0, 0.1) is 5.82 Å². The lowest BCUT2D eigenvalue weighted by atomic mass is 10.2. The number of halogens is 1. The quantitative estimate of drug-likeness (QED) is 0.715. The number of benzene rings is 1. The van der Waals surface area contributed by atoms with E-state index in [1.807, 2.05) is 11.5 Å². The Morgan fingerprint density at radius 3 is 2.73 bits per heavy atom. The van der Waals surface area contributed by atoms with E-state index < -0.39 is 0 Å². The molecule has 1 heterocycles. The van der Waals surface area contributed by atoms with E-state index >= 15 is 0 Å². The number of carbonyl (C=O) groups excluding carboxylic acids is 1. The van der Waals surface area contributed by atoms with Gasteiger partial charge in [0.05, 0.1) is 5.75 Å². The molecule has 0 saturated heterocycles. The van der Waals surface area contributed by atoms with E-state index in [0.717, 1.165) is 12.8 Å². The Labute approximate surface area is 156 Å². The summed E-state index contributed by atoms with van der Waals surface area (Å²) in [4.78, 5) is 12.1. The van der Waals surface area contributed by atoms with E-state index in [4.69, 9.17) is 4.74 Å². The Hall–Kier alpha value is -2.09. The van der Waals surface area contributed by atoms with Gasteiger partial charge in [0, 0.05) is 12.6 Å². The van der Waals surface area contributed by atoms with Crippen LogP contribution < -0.4 is 10.1 Å². The van der Waals surface area contributed by atoms with Crippen LogP contribution in [0.3, 0.4) is 0 Å². The van der Waals surface area contributed by atoms with Gasteiger partial charge in [-0.05, 0) is 44.0 Å². The zero-order valence-electron chi connectivity index (χ0n) is 14.8. The number of amides is 1. The Morgan fingerprint density at radius 1 is 1.31 bits per heavy atom. The van der Waals surface area contributed by atoms with Crippen molar-refractivity contribution in [3.05, 3.63) is 35.9 Å². The number of hydrogen-bond donors (Lipinski definition) is 1. The summed E-state index contributed by atoms with van der Waals surface area (Å²) in [7, 11) is 0. The van der Waals surface area contributed by atoms with Crippen LogP contribution in [0.15, 0.2) is 29.4 Å². The van der Waals surface area contributed by atoms with Crippen LogP contribution in [0.4, 0.5) is 4.39 Å². The Kier molecular flexibility index (Phi) is 6.49.